The first kappa shape index (κ1) is 27.5. The van der Waals surface area contributed by atoms with Crippen molar-refractivity contribution in [2.45, 2.75) is 62.0 Å². The molecule has 3 aliphatic heterocycles. The number of nitrogens with zero attached hydrogens (tertiary/aromatic N) is 2. The molecular formula is C29H38N2O5S. The van der Waals surface area contributed by atoms with Crippen molar-refractivity contribution in [3.05, 3.63) is 54.6 Å². The van der Waals surface area contributed by atoms with E-state index in [0.717, 1.165) is 23.2 Å². The minimum atomic E-state index is -0.742. The normalized spacial score (nSPS) is 29.8. The van der Waals surface area contributed by atoms with Gasteiger partial charge in [0.15, 0.2) is 0 Å². The zero-order chi connectivity index (χ0) is 27.0. The SMILES string of the molecule is C=CCCOC(=O)[C@@H]1[C@H]2C(=O)N(CCCO)C(C(=O)N(CC=C)c3c(C)cccc3C)C23CC[C@@]1(C)S3. The number of benzene rings is 1. The first-order valence-electron chi connectivity index (χ1n) is 13.0. The van der Waals surface area contributed by atoms with Crippen molar-refractivity contribution in [1.29, 1.82) is 0 Å². The molecule has 1 N–H and O–H groups in total. The second-order valence-corrected chi connectivity index (χ2v) is 12.5. The number of aliphatic hydroxyl groups excluding tert-OH is 1. The molecule has 1 aromatic rings. The first-order valence-corrected chi connectivity index (χ1v) is 13.9. The highest BCUT2D eigenvalue weighted by Crippen LogP contribution is 2.71. The number of aryl methyl sites for hydroxylation is 2. The molecule has 200 valence electrons. The zero-order valence-electron chi connectivity index (χ0n) is 22.1. The van der Waals surface area contributed by atoms with Gasteiger partial charge in [-0.15, -0.1) is 24.9 Å². The number of aliphatic hydroxyl groups is 1. The molecule has 7 nitrogen and oxygen atoms in total. The fourth-order valence-corrected chi connectivity index (χ4v) is 9.02. The first-order chi connectivity index (χ1) is 17.7. The van der Waals surface area contributed by atoms with Gasteiger partial charge in [-0.1, -0.05) is 30.4 Å². The number of thioether (sulfide) groups is 1. The Labute approximate surface area is 223 Å². The van der Waals surface area contributed by atoms with Crippen LogP contribution >= 0.6 is 11.8 Å². The van der Waals surface area contributed by atoms with Gasteiger partial charge < -0.3 is 19.6 Å². The van der Waals surface area contributed by atoms with Crippen molar-refractivity contribution >= 4 is 35.2 Å². The van der Waals surface area contributed by atoms with Crippen molar-refractivity contribution in [3.63, 3.8) is 0 Å². The lowest BCUT2D eigenvalue weighted by molar-refractivity contribution is -0.155. The number of amides is 2. The second-order valence-electron chi connectivity index (χ2n) is 10.6. The number of hydrogen-bond donors (Lipinski definition) is 1. The zero-order valence-corrected chi connectivity index (χ0v) is 22.9. The number of para-hydroxylation sites is 1. The van der Waals surface area contributed by atoms with Crippen molar-refractivity contribution in [2.24, 2.45) is 11.8 Å². The number of hydrogen-bond acceptors (Lipinski definition) is 6. The van der Waals surface area contributed by atoms with Crippen LogP contribution in [0.15, 0.2) is 43.5 Å². The van der Waals surface area contributed by atoms with Gasteiger partial charge >= 0.3 is 5.97 Å². The van der Waals surface area contributed by atoms with Crippen LogP contribution in [-0.2, 0) is 19.1 Å². The van der Waals surface area contributed by atoms with Crippen LogP contribution in [0, 0.1) is 25.7 Å². The van der Waals surface area contributed by atoms with Gasteiger partial charge in [-0.25, -0.2) is 0 Å². The molecule has 0 aromatic heterocycles. The molecule has 2 amide bonds. The quantitative estimate of drug-likeness (QED) is 0.268. The summed E-state index contributed by atoms with van der Waals surface area (Å²) in [5, 5.41) is 9.58. The fourth-order valence-electron chi connectivity index (χ4n) is 6.68. The molecule has 1 aromatic carbocycles. The van der Waals surface area contributed by atoms with E-state index in [0.29, 0.717) is 25.8 Å². The molecule has 3 heterocycles. The van der Waals surface area contributed by atoms with E-state index in [4.69, 9.17) is 4.74 Å². The summed E-state index contributed by atoms with van der Waals surface area (Å²) >= 11 is 1.62. The van der Waals surface area contributed by atoms with Gasteiger partial charge in [0.1, 0.15) is 6.04 Å². The maximum absolute atomic E-state index is 14.6. The number of carbonyl (C=O) groups excluding carboxylic acids is 3. The van der Waals surface area contributed by atoms with Crippen molar-refractivity contribution in [1.82, 2.24) is 4.90 Å². The number of esters is 1. The van der Waals surface area contributed by atoms with Crippen molar-refractivity contribution in [3.8, 4) is 0 Å². The lowest BCUT2D eigenvalue weighted by atomic mass is 9.66. The molecule has 0 saturated carbocycles. The highest BCUT2D eigenvalue weighted by Gasteiger charge is 2.77. The Kier molecular flexibility index (Phi) is 7.91. The number of likely N-dealkylation sites (tertiary alicyclic amines) is 1. The average molecular weight is 527 g/mol. The lowest BCUT2D eigenvalue weighted by Crippen LogP contribution is -2.55. The van der Waals surface area contributed by atoms with Gasteiger partial charge in [0.25, 0.3) is 5.91 Å². The van der Waals surface area contributed by atoms with E-state index < -0.39 is 27.4 Å². The smallest absolute Gasteiger partial charge is 0.311 e. The van der Waals surface area contributed by atoms with Crippen LogP contribution in [0.4, 0.5) is 5.69 Å². The van der Waals surface area contributed by atoms with Gasteiger partial charge in [0, 0.05) is 30.1 Å². The third kappa shape index (κ3) is 4.42. The largest absolute Gasteiger partial charge is 0.465 e. The molecule has 2 unspecified atom stereocenters. The molecule has 2 bridgehead atoms. The molecule has 4 rings (SSSR count). The number of carbonyl (C=O) groups is 3. The van der Waals surface area contributed by atoms with Gasteiger partial charge in [-0.3, -0.25) is 14.4 Å². The Morgan fingerprint density at radius 3 is 2.57 bits per heavy atom. The van der Waals surface area contributed by atoms with Crippen LogP contribution in [0.5, 0.6) is 0 Å². The van der Waals surface area contributed by atoms with E-state index in [9.17, 15) is 19.5 Å². The van der Waals surface area contributed by atoms with E-state index >= 15 is 0 Å². The van der Waals surface area contributed by atoms with Gasteiger partial charge in [0.2, 0.25) is 5.91 Å². The molecule has 3 aliphatic rings. The summed E-state index contributed by atoms with van der Waals surface area (Å²) in [6.07, 6.45) is 5.70. The van der Waals surface area contributed by atoms with E-state index in [2.05, 4.69) is 13.2 Å². The van der Waals surface area contributed by atoms with Crippen LogP contribution in [-0.4, -0.2) is 69.6 Å². The minimum Gasteiger partial charge on any atom is -0.465 e. The summed E-state index contributed by atoms with van der Waals surface area (Å²) in [4.78, 5) is 45.3. The number of ether oxygens (including phenoxy) is 1. The predicted molar refractivity (Wildman–Crippen MR) is 146 cm³/mol. The number of rotatable bonds is 11. The summed E-state index contributed by atoms with van der Waals surface area (Å²) in [5.74, 6) is -1.98. The summed E-state index contributed by atoms with van der Waals surface area (Å²) in [7, 11) is 0. The minimum absolute atomic E-state index is 0.0898. The molecule has 1 spiro atoms. The highest BCUT2D eigenvalue weighted by molar-refractivity contribution is 8.02. The lowest BCUT2D eigenvalue weighted by Gasteiger charge is -2.38. The van der Waals surface area contributed by atoms with Crippen LogP contribution in [0.25, 0.3) is 0 Å². The van der Waals surface area contributed by atoms with Crippen molar-refractivity contribution < 1.29 is 24.2 Å². The summed E-state index contributed by atoms with van der Waals surface area (Å²) in [5.41, 5.74) is 2.76. The maximum Gasteiger partial charge on any atom is 0.311 e. The van der Waals surface area contributed by atoms with Gasteiger partial charge in [-0.05, 0) is 57.6 Å². The molecule has 5 atom stereocenters. The standard InChI is InChI=1S/C29H38N2O5S/c1-6-8-18-36-27(35)22-21-25(33)31(16-10-17-32)24(29(21)14-13-28(22,5)37-29)26(34)30(15-7-2)23-19(3)11-9-12-20(23)4/h6-7,9,11-12,21-22,24,32H,1-2,8,10,13-18H2,3-5H3/t21-,22-,24?,28+,29?/m0/s1. The third-order valence-corrected chi connectivity index (χ3v) is 10.2. The Bertz CT molecular complexity index is 1090. The van der Waals surface area contributed by atoms with E-state index in [1.807, 2.05) is 39.0 Å². The van der Waals surface area contributed by atoms with E-state index in [1.54, 1.807) is 33.7 Å². The fraction of sp³-hybridized carbons (Fsp3) is 0.552. The number of fused-ring (bicyclic) bond motifs is 1. The maximum atomic E-state index is 14.6. The molecule has 8 heteroatoms. The molecular weight excluding hydrogens is 488 g/mol. The van der Waals surface area contributed by atoms with E-state index in [-0.39, 0.29) is 37.5 Å². The van der Waals surface area contributed by atoms with Crippen LogP contribution < -0.4 is 4.90 Å². The second kappa shape index (κ2) is 10.7. The average Bonchev–Trinajstić information content (AvgIpc) is 3.42. The topological polar surface area (TPSA) is 87.1 Å². The molecule has 3 fully saturated rings. The Morgan fingerprint density at radius 1 is 1.24 bits per heavy atom. The molecule has 0 radical (unpaired) electrons. The van der Waals surface area contributed by atoms with Crippen LogP contribution in [0.2, 0.25) is 0 Å². The summed E-state index contributed by atoms with van der Waals surface area (Å²) < 4.78 is 4.39. The Hall–Kier alpha value is -2.58. The Balaban J connectivity index is 1.78. The Morgan fingerprint density at radius 2 is 1.95 bits per heavy atom. The van der Waals surface area contributed by atoms with E-state index in [1.165, 1.54) is 0 Å². The van der Waals surface area contributed by atoms with Gasteiger partial charge in [-0.2, -0.15) is 0 Å². The molecule has 37 heavy (non-hydrogen) atoms. The van der Waals surface area contributed by atoms with Crippen LogP contribution in [0.1, 0.15) is 43.7 Å². The predicted octanol–water partition coefficient (Wildman–Crippen LogP) is 3.81. The summed E-state index contributed by atoms with van der Waals surface area (Å²) in [6, 6.07) is 5.17. The monoisotopic (exact) mass is 526 g/mol. The summed E-state index contributed by atoms with van der Waals surface area (Å²) in [6.45, 7) is 14.3. The van der Waals surface area contributed by atoms with Crippen LogP contribution in [0.3, 0.4) is 0 Å². The van der Waals surface area contributed by atoms with Crippen molar-refractivity contribution in [2.75, 3.05) is 31.2 Å². The number of anilines is 1. The highest BCUT2D eigenvalue weighted by atomic mass is 32.2. The molecule has 0 aliphatic carbocycles. The third-order valence-electron chi connectivity index (χ3n) is 8.18. The van der Waals surface area contributed by atoms with Gasteiger partial charge in [0.05, 0.1) is 23.2 Å². The molecule has 3 saturated heterocycles.